The van der Waals surface area contributed by atoms with Gasteiger partial charge in [-0.25, -0.2) is 4.79 Å². The molecular weight excluding hydrogens is 263 g/mol. The molecule has 0 atom stereocenters. The van der Waals surface area contributed by atoms with Gasteiger partial charge in [-0.1, -0.05) is 30.3 Å². The summed E-state index contributed by atoms with van der Waals surface area (Å²) < 4.78 is 37.2. The SMILES string of the molecule is COC1(c2ccccc2)CNC1.O=C(O)C(F)(F)F. The number of carboxylic acid groups (broad SMARTS) is 1. The van der Waals surface area contributed by atoms with Crippen molar-refractivity contribution in [2.45, 2.75) is 11.8 Å². The first-order chi connectivity index (χ1) is 8.82. The molecular formula is C12H14F3NO3. The molecule has 2 rings (SSSR count). The minimum atomic E-state index is -5.08. The Morgan fingerprint density at radius 3 is 2.05 bits per heavy atom. The lowest BCUT2D eigenvalue weighted by Gasteiger charge is -2.41. The van der Waals surface area contributed by atoms with Crippen LogP contribution in [0.2, 0.25) is 0 Å². The van der Waals surface area contributed by atoms with Crippen LogP contribution >= 0.6 is 0 Å². The largest absolute Gasteiger partial charge is 0.490 e. The number of aliphatic carboxylic acids is 1. The van der Waals surface area contributed by atoms with Crippen LogP contribution in [0, 0.1) is 0 Å². The van der Waals surface area contributed by atoms with Crippen molar-refractivity contribution in [1.82, 2.24) is 5.32 Å². The van der Waals surface area contributed by atoms with Crippen LogP contribution in [0.3, 0.4) is 0 Å². The summed E-state index contributed by atoms with van der Waals surface area (Å²) in [5, 5.41) is 10.4. The van der Waals surface area contributed by atoms with Gasteiger partial charge in [-0.05, 0) is 5.56 Å². The predicted molar refractivity (Wildman–Crippen MR) is 61.7 cm³/mol. The number of benzene rings is 1. The van der Waals surface area contributed by atoms with Gasteiger partial charge < -0.3 is 15.2 Å². The summed E-state index contributed by atoms with van der Waals surface area (Å²) in [6, 6.07) is 10.4. The van der Waals surface area contributed by atoms with E-state index in [-0.39, 0.29) is 5.60 Å². The molecule has 7 heteroatoms. The predicted octanol–water partition coefficient (Wildman–Crippen LogP) is 1.76. The van der Waals surface area contributed by atoms with Gasteiger partial charge in [0, 0.05) is 20.2 Å². The molecule has 2 N–H and O–H groups in total. The van der Waals surface area contributed by atoms with Gasteiger partial charge in [-0.2, -0.15) is 13.2 Å². The van der Waals surface area contributed by atoms with Crippen molar-refractivity contribution in [3.05, 3.63) is 35.9 Å². The van der Waals surface area contributed by atoms with Gasteiger partial charge in [0.25, 0.3) is 0 Å². The van der Waals surface area contributed by atoms with E-state index in [0.29, 0.717) is 0 Å². The lowest BCUT2D eigenvalue weighted by Crippen LogP contribution is -2.57. The number of hydrogen-bond acceptors (Lipinski definition) is 3. The van der Waals surface area contributed by atoms with E-state index in [1.165, 1.54) is 5.56 Å². The summed E-state index contributed by atoms with van der Waals surface area (Å²) >= 11 is 0. The number of methoxy groups -OCH3 is 1. The molecule has 1 aromatic carbocycles. The first kappa shape index (κ1) is 15.5. The lowest BCUT2D eigenvalue weighted by atomic mass is 9.88. The van der Waals surface area contributed by atoms with Crippen LogP contribution < -0.4 is 5.32 Å². The van der Waals surface area contributed by atoms with Crippen LogP contribution in [0.25, 0.3) is 0 Å². The van der Waals surface area contributed by atoms with Crippen molar-refractivity contribution in [3.63, 3.8) is 0 Å². The average molecular weight is 277 g/mol. The minimum absolute atomic E-state index is 0.0543. The lowest BCUT2D eigenvalue weighted by molar-refractivity contribution is -0.192. The zero-order chi connectivity index (χ0) is 14.5. The molecule has 1 saturated heterocycles. The molecule has 0 bridgehead atoms. The second kappa shape index (κ2) is 6.03. The Morgan fingerprint density at radius 2 is 1.79 bits per heavy atom. The number of rotatable bonds is 2. The third kappa shape index (κ3) is 3.93. The monoisotopic (exact) mass is 277 g/mol. The number of alkyl halides is 3. The summed E-state index contributed by atoms with van der Waals surface area (Å²) in [4.78, 5) is 8.90. The van der Waals surface area contributed by atoms with Gasteiger partial charge in [0.2, 0.25) is 0 Å². The summed E-state index contributed by atoms with van der Waals surface area (Å²) in [7, 11) is 1.77. The molecule has 0 unspecified atom stereocenters. The van der Waals surface area contributed by atoms with Crippen LogP contribution in [0.4, 0.5) is 13.2 Å². The molecule has 106 valence electrons. The van der Waals surface area contributed by atoms with Gasteiger partial charge >= 0.3 is 12.1 Å². The molecule has 19 heavy (non-hydrogen) atoms. The van der Waals surface area contributed by atoms with Crippen LogP contribution in [0.5, 0.6) is 0 Å². The Balaban J connectivity index is 0.000000224. The van der Waals surface area contributed by atoms with Gasteiger partial charge in [-0.3, -0.25) is 0 Å². The second-order valence-electron chi connectivity index (χ2n) is 3.97. The molecule has 1 aromatic rings. The number of nitrogens with one attached hydrogen (secondary N) is 1. The maximum absolute atomic E-state index is 10.6. The minimum Gasteiger partial charge on any atom is -0.475 e. The highest BCUT2D eigenvalue weighted by Gasteiger charge is 2.38. The highest BCUT2D eigenvalue weighted by atomic mass is 19.4. The van der Waals surface area contributed by atoms with Crippen molar-refractivity contribution in [2.75, 3.05) is 20.2 Å². The zero-order valence-electron chi connectivity index (χ0n) is 10.2. The van der Waals surface area contributed by atoms with Crippen molar-refractivity contribution in [1.29, 1.82) is 0 Å². The number of hydrogen-bond donors (Lipinski definition) is 2. The summed E-state index contributed by atoms with van der Waals surface area (Å²) in [6.45, 7) is 1.85. The van der Waals surface area contributed by atoms with Gasteiger partial charge in [-0.15, -0.1) is 0 Å². The average Bonchev–Trinajstić information content (AvgIpc) is 2.29. The van der Waals surface area contributed by atoms with E-state index in [2.05, 4.69) is 29.6 Å². The topological polar surface area (TPSA) is 58.6 Å². The normalized spacial score (nSPS) is 16.8. The Kier molecular flexibility index (Phi) is 4.90. The summed E-state index contributed by atoms with van der Waals surface area (Å²) in [5.74, 6) is -2.76. The molecule has 1 heterocycles. The Hall–Kier alpha value is -1.60. The fourth-order valence-electron chi connectivity index (χ4n) is 1.56. The maximum Gasteiger partial charge on any atom is 0.490 e. The van der Waals surface area contributed by atoms with E-state index in [0.717, 1.165) is 13.1 Å². The van der Waals surface area contributed by atoms with Crippen molar-refractivity contribution in [2.24, 2.45) is 0 Å². The van der Waals surface area contributed by atoms with Crippen LogP contribution in [-0.4, -0.2) is 37.5 Å². The van der Waals surface area contributed by atoms with Gasteiger partial charge in [0.05, 0.1) is 0 Å². The maximum atomic E-state index is 10.6. The highest BCUT2D eigenvalue weighted by molar-refractivity contribution is 5.73. The van der Waals surface area contributed by atoms with Crippen LogP contribution in [0.1, 0.15) is 5.56 Å². The number of ether oxygens (including phenoxy) is 1. The first-order valence-corrected chi connectivity index (χ1v) is 5.43. The van der Waals surface area contributed by atoms with E-state index in [9.17, 15) is 13.2 Å². The van der Waals surface area contributed by atoms with Crippen LogP contribution in [-0.2, 0) is 15.1 Å². The van der Waals surface area contributed by atoms with Gasteiger partial charge in [0.1, 0.15) is 5.60 Å². The Bertz CT molecular complexity index is 410. The third-order valence-corrected chi connectivity index (χ3v) is 2.75. The Morgan fingerprint density at radius 1 is 1.32 bits per heavy atom. The highest BCUT2D eigenvalue weighted by Crippen LogP contribution is 2.28. The Labute approximate surface area is 108 Å². The van der Waals surface area contributed by atoms with E-state index < -0.39 is 12.1 Å². The first-order valence-electron chi connectivity index (χ1n) is 5.43. The van der Waals surface area contributed by atoms with Gasteiger partial charge in [0.15, 0.2) is 0 Å². The molecule has 1 aliphatic rings. The summed E-state index contributed by atoms with van der Waals surface area (Å²) in [6.07, 6.45) is -5.08. The van der Waals surface area contributed by atoms with E-state index in [1.54, 1.807) is 7.11 Å². The molecule has 0 aliphatic carbocycles. The molecule has 0 amide bonds. The van der Waals surface area contributed by atoms with E-state index in [1.807, 2.05) is 6.07 Å². The molecule has 1 fully saturated rings. The fourth-order valence-corrected chi connectivity index (χ4v) is 1.56. The molecule has 0 aromatic heterocycles. The number of carbonyl (C=O) groups is 1. The standard InChI is InChI=1S/C10H13NO.C2HF3O2/c1-12-10(7-11-8-10)9-5-3-2-4-6-9;3-2(4,5)1(6)7/h2-6,11H,7-8H2,1H3;(H,6,7). The third-order valence-electron chi connectivity index (χ3n) is 2.75. The van der Waals surface area contributed by atoms with Crippen molar-refractivity contribution in [3.8, 4) is 0 Å². The molecule has 0 spiro atoms. The molecule has 0 radical (unpaired) electrons. The fraction of sp³-hybridized carbons (Fsp3) is 0.417. The number of carboxylic acids is 1. The quantitative estimate of drug-likeness (QED) is 0.865. The van der Waals surface area contributed by atoms with Crippen molar-refractivity contribution < 1.29 is 27.8 Å². The zero-order valence-corrected chi connectivity index (χ0v) is 10.2. The number of halogens is 3. The van der Waals surface area contributed by atoms with Crippen molar-refractivity contribution >= 4 is 5.97 Å². The van der Waals surface area contributed by atoms with E-state index >= 15 is 0 Å². The van der Waals surface area contributed by atoms with Crippen LogP contribution in [0.15, 0.2) is 30.3 Å². The second-order valence-corrected chi connectivity index (χ2v) is 3.97. The summed E-state index contributed by atoms with van der Waals surface area (Å²) in [5.41, 5.74) is 1.22. The molecule has 0 saturated carbocycles. The van der Waals surface area contributed by atoms with E-state index in [4.69, 9.17) is 14.6 Å². The smallest absolute Gasteiger partial charge is 0.475 e. The molecule has 1 aliphatic heterocycles. The molecule has 4 nitrogen and oxygen atoms in total.